The van der Waals surface area contributed by atoms with Gasteiger partial charge in [-0.05, 0) is 51.0 Å². The Bertz CT molecular complexity index is 365. The number of hydrogen-bond donors (Lipinski definition) is 1. The number of carbonyl (C=O) groups excluding carboxylic acids is 1. The highest BCUT2D eigenvalue weighted by Crippen LogP contribution is 2.31. The summed E-state index contributed by atoms with van der Waals surface area (Å²) in [5.41, 5.74) is 0. The Morgan fingerprint density at radius 3 is 2.38 bits per heavy atom. The number of rotatable bonds is 2. The van der Waals surface area contributed by atoms with Crippen molar-refractivity contribution >= 4 is 5.91 Å². The maximum Gasteiger partial charge on any atom is 0.225 e. The topological polar surface area (TPSA) is 35.6 Å². The highest BCUT2D eigenvalue weighted by molar-refractivity contribution is 5.79. The first-order valence-electron chi connectivity index (χ1n) is 9.06. The Hall–Kier alpha value is -0.610. The van der Waals surface area contributed by atoms with Crippen LogP contribution in [-0.4, -0.2) is 60.5 Å². The second-order valence-electron chi connectivity index (χ2n) is 7.69. The molecular weight excluding hydrogens is 262 g/mol. The van der Waals surface area contributed by atoms with Crippen LogP contribution in [0.2, 0.25) is 0 Å². The number of hydrogen-bond acceptors (Lipinski definition) is 3. The summed E-state index contributed by atoms with van der Waals surface area (Å²) in [6.07, 6.45) is 8.69. The largest absolute Gasteiger partial charge is 0.342 e. The van der Waals surface area contributed by atoms with E-state index >= 15 is 0 Å². The smallest absolute Gasteiger partial charge is 0.225 e. The number of likely N-dealkylation sites (tertiary alicyclic amines) is 1. The number of nitrogens with one attached hydrogen (secondary N) is 1. The van der Waals surface area contributed by atoms with E-state index in [1.807, 2.05) is 0 Å². The zero-order valence-electron chi connectivity index (χ0n) is 13.1. The van der Waals surface area contributed by atoms with Gasteiger partial charge in [0, 0.05) is 44.2 Å². The molecule has 5 fully saturated rings. The summed E-state index contributed by atoms with van der Waals surface area (Å²) in [5.74, 6) is 1.69. The third-order valence-corrected chi connectivity index (χ3v) is 6.31. The first kappa shape index (κ1) is 14.0. The summed E-state index contributed by atoms with van der Waals surface area (Å²) in [6, 6.07) is 1.44. The minimum atomic E-state index is 0.375. The lowest BCUT2D eigenvalue weighted by molar-refractivity contribution is -0.139. The van der Waals surface area contributed by atoms with E-state index in [1.54, 1.807) is 0 Å². The van der Waals surface area contributed by atoms with Gasteiger partial charge in [0.25, 0.3) is 0 Å². The van der Waals surface area contributed by atoms with Crippen molar-refractivity contribution in [3.63, 3.8) is 0 Å². The molecule has 2 bridgehead atoms. The Balaban J connectivity index is 1.31. The number of piperidine rings is 2. The van der Waals surface area contributed by atoms with E-state index in [2.05, 4.69) is 15.1 Å². The van der Waals surface area contributed by atoms with Crippen LogP contribution in [-0.2, 0) is 4.79 Å². The van der Waals surface area contributed by atoms with E-state index < -0.39 is 0 Å². The first-order chi connectivity index (χ1) is 10.3. The van der Waals surface area contributed by atoms with Crippen LogP contribution in [0.4, 0.5) is 0 Å². The van der Waals surface area contributed by atoms with Gasteiger partial charge < -0.3 is 10.2 Å². The molecule has 21 heavy (non-hydrogen) atoms. The van der Waals surface area contributed by atoms with Crippen molar-refractivity contribution in [2.45, 2.75) is 57.0 Å². The molecule has 1 N–H and O–H groups in total. The van der Waals surface area contributed by atoms with Crippen molar-refractivity contribution in [2.24, 2.45) is 11.8 Å². The van der Waals surface area contributed by atoms with Crippen LogP contribution in [0.15, 0.2) is 0 Å². The van der Waals surface area contributed by atoms with Crippen molar-refractivity contribution in [1.29, 1.82) is 0 Å². The third-order valence-electron chi connectivity index (χ3n) is 6.31. The van der Waals surface area contributed by atoms with E-state index in [0.29, 0.717) is 11.8 Å². The molecule has 5 rings (SSSR count). The van der Waals surface area contributed by atoms with Crippen molar-refractivity contribution in [3.8, 4) is 0 Å². The molecule has 1 saturated carbocycles. The fourth-order valence-corrected chi connectivity index (χ4v) is 4.64. The monoisotopic (exact) mass is 291 g/mol. The van der Waals surface area contributed by atoms with E-state index in [4.69, 9.17) is 0 Å². The highest BCUT2D eigenvalue weighted by atomic mass is 16.2. The summed E-state index contributed by atoms with van der Waals surface area (Å²) in [6.45, 7) is 5.74. The minimum Gasteiger partial charge on any atom is -0.342 e. The van der Waals surface area contributed by atoms with Crippen molar-refractivity contribution in [2.75, 3.05) is 32.7 Å². The molecule has 5 aliphatic rings. The molecule has 2 atom stereocenters. The number of amides is 1. The molecule has 4 nitrogen and oxygen atoms in total. The lowest BCUT2D eigenvalue weighted by Crippen LogP contribution is -2.50. The minimum absolute atomic E-state index is 0.375. The Morgan fingerprint density at radius 1 is 0.952 bits per heavy atom. The average molecular weight is 291 g/mol. The number of carbonyl (C=O) groups is 1. The molecule has 0 aromatic carbocycles. The van der Waals surface area contributed by atoms with Gasteiger partial charge in [-0.15, -0.1) is 0 Å². The van der Waals surface area contributed by atoms with Gasteiger partial charge in [-0.3, -0.25) is 9.69 Å². The fourth-order valence-electron chi connectivity index (χ4n) is 4.64. The molecule has 0 spiro atoms. The molecule has 0 aromatic heterocycles. The Morgan fingerprint density at radius 2 is 1.76 bits per heavy atom. The van der Waals surface area contributed by atoms with Gasteiger partial charge in [0.1, 0.15) is 0 Å². The van der Waals surface area contributed by atoms with Gasteiger partial charge in [0.05, 0.1) is 0 Å². The maximum atomic E-state index is 12.3. The van der Waals surface area contributed by atoms with Crippen molar-refractivity contribution < 1.29 is 4.79 Å². The number of fused-ring (bicyclic) bond motifs is 4. The summed E-state index contributed by atoms with van der Waals surface area (Å²) < 4.78 is 0. The zero-order chi connectivity index (χ0) is 14.2. The van der Waals surface area contributed by atoms with Gasteiger partial charge in [-0.2, -0.15) is 0 Å². The van der Waals surface area contributed by atoms with E-state index in [1.165, 1.54) is 51.7 Å². The van der Waals surface area contributed by atoms with Gasteiger partial charge in [-0.25, -0.2) is 0 Å². The normalized spacial score (nSPS) is 35.5. The molecule has 0 aromatic rings. The van der Waals surface area contributed by atoms with Gasteiger partial charge in [0.15, 0.2) is 0 Å². The van der Waals surface area contributed by atoms with E-state index in [-0.39, 0.29) is 0 Å². The fraction of sp³-hybridized carbons (Fsp3) is 0.941. The predicted molar refractivity (Wildman–Crippen MR) is 83.0 cm³/mol. The molecule has 118 valence electrons. The van der Waals surface area contributed by atoms with Gasteiger partial charge in [0.2, 0.25) is 5.91 Å². The summed E-state index contributed by atoms with van der Waals surface area (Å²) in [4.78, 5) is 17.2. The summed E-state index contributed by atoms with van der Waals surface area (Å²) in [7, 11) is 0. The van der Waals surface area contributed by atoms with Gasteiger partial charge >= 0.3 is 0 Å². The van der Waals surface area contributed by atoms with E-state index in [0.717, 1.165) is 43.9 Å². The van der Waals surface area contributed by atoms with E-state index in [9.17, 15) is 4.79 Å². The molecule has 4 aliphatic heterocycles. The quantitative estimate of drug-likeness (QED) is 0.837. The van der Waals surface area contributed by atoms with Gasteiger partial charge in [-0.1, -0.05) is 6.42 Å². The molecule has 0 unspecified atom stereocenters. The highest BCUT2D eigenvalue weighted by Gasteiger charge is 2.36. The maximum absolute atomic E-state index is 12.3. The summed E-state index contributed by atoms with van der Waals surface area (Å²) in [5, 5.41) is 3.70. The van der Waals surface area contributed by atoms with Crippen LogP contribution in [0.25, 0.3) is 0 Å². The van der Waals surface area contributed by atoms with Crippen LogP contribution in [0.1, 0.15) is 44.9 Å². The molecule has 4 heteroatoms. The summed E-state index contributed by atoms with van der Waals surface area (Å²) >= 11 is 0. The lowest BCUT2D eigenvalue weighted by Gasteiger charge is -2.40. The zero-order valence-corrected chi connectivity index (χ0v) is 13.1. The van der Waals surface area contributed by atoms with Crippen LogP contribution in [0.3, 0.4) is 0 Å². The Kier molecular flexibility index (Phi) is 3.92. The van der Waals surface area contributed by atoms with Crippen LogP contribution in [0.5, 0.6) is 0 Å². The number of nitrogens with zero attached hydrogens (tertiary/aromatic N) is 2. The molecule has 4 heterocycles. The second-order valence-corrected chi connectivity index (χ2v) is 7.69. The van der Waals surface area contributed by atoms with Crippen LogP contribution < -0.4 is 5.32 Å². The predicted octanol–water partition coefficient (Wildman–Crippen LogP) is 1.46. The third kappa shape index (κ3) is 2.85. The molecule has 4 saturated heterocycles. The lowest BCUT2D eigenvalue weighted by atomic mass is 9.84. The van der Waals surface area contributed by atoms with Crippen molar-refractivity contribution in [3.05, 3.63) is 0 Å². The average Bonchev–Trinajstić information content (AvgIpc) is 2.79. The SMILES string of the molecule is O=C(C1CCC1)N1CCC(N2C[C@H]3CC[C@@H](C2)NC3)CC1. The Labute approximate surface area is 128 Å². The molecule has 0 radical (unpaired) electrons. The first-order valence-corrected chi connectivity index (χ1v) is 9.06. The molecular formula is C17H29N3O. The molecule has 1 aliphatic carbocycles. The van der Waals surface area contributed by atoms with Crippen LogP contribution >= 0.6 is 0 Å². The van der Waals surface area contributed by atoms with Crippen LogP contribution in [0, 0.1) is 11.8 Å². The molecule has 1 amide bonds. The van der Waals surface area contributed by atoms with Crippen molar-refractivity contribution in [1.82, 2.24) is 15.1 Å². The standard InChI is InChI=1S/C17H29N3O/c21-17(14-2-1-3-14)19-8-6-16(7-9-19)20-11-13-4-5-15(12-20)18-10-13/h13-16,18H,1-12H2/t13-,15-/m0/s1. The second kappa shape index (κ2) is 5.88.